The van der Waals surface area contributed by atoms with Crippen LogP contribution in [0.5, 0.6) is 5.75 Å². The number of piperazine rings is 1. The van der Waals surface area contributed by atoms with Crippen molar-refractivity contribution in [1.29, 1.82) is 0 Å². The van der Waals surface area contributed by atoms with Crippen LogP contribution in [0.15, 0.2) is 48.5 Å². The van der Waals surface area contributed by atoms with Crippen LogP contribution < -0.4 is 15.0 Å². The number of benzene rings is 2. The average Bonchev–Trinajstić information content (AvgIpc) is 3.19. The molecule has 47 heavy (non-hydrogen) atoms. The lowest BCUT2D eigenvalue weighted by molar-refractivity contribution is -0.376. The zero-order chi connectivity index (χ0) is 35.1. The Balaban J connectivity index is 1.49. The summed E-state index contributed by atoms with van der Waals surface area (Å²) in [5.41, 5.74) is -7.07. The molecule has 2 saturated heterocycles. The highest BCUT2D eigenvalue weighted by molar-refractivity contribution is 6.09. The molecular formula is C32H36F6N4O5. The summed E-state index contributed by atoms with van der Waals surface area (Å²) in [6.07, 6.45) is -9.36. The summed E-state index contributed by atoms with van der Waals surface area (Å²) >= 11 is 0. The Bertz CT molecular complexity index is 1530. The number of alkyl halides is 6. The van der Waals surface area contributed by atoms with Gasteiger partial charge in [0.25, 0.3) is 11.5 Å². The maximum absolute atomic E-state index is 13.5. The summed E-state index contributed by atoms with van der Waals surface area (Å²) in [5, 5.41) is 12.6. The number of carbonyl (C=O) groups excluding carboxylic acids is 3. The van der Waals surface area contributed by atoms with E-state index in [1.807, 2.05) is 13.8 Å². The molecule has 0 spiro atoms. The van der Waals surface area contributed by atoms with Gasteiger partial charge in [-0.05, 0) is 70.0 Å². The molecule has 2 aromatic carbocycles. The number of halogens is 6. The smallest absolute Gasteiger partial charge is 0.430 e. The number of hydrogen-bond donors (Lipinski definition) is 2. The van der Waals surface area contributed by atoms with Crippen molar-refractivity contribution in [3.8, 4) is 5.75 Å². The summed E-state index contributed by atoms with van der Waals surface area (Å²) < 4.78 is 86.8. The second-order valence-electron chi connectivity index (χ2n) is 12.0. The lowest BCUT2D eigenvalue weighted by Gasteiger charge is -2.42. The SMILES string of the molecule is C/C=C\c1cc(C(O)(C(F)(F)F)C(F)(F)F)ccc1N1CCN(C(=O)CN2C(=O)N[C@](C)(c3ccc(OC(C)C)cc3)C2=O)CC1C. The second kappa shape index (κ2) is 12.7. The molecule has 1 unspecified atom stereocenters. The number of aliphatic hydroxyl groups is 1. The summed E-state index contributed by atoms with van der Waals surface area (Å²) in [4.78, 5) is 43.6. The molecule has 2 aliphatic rings. The highest BCUT2D eigenvalue weighted by Gasteiger charge is 2.71. The van der Waals surface area contributed by atoms with E-state index in [4.69, 9.17) is 4.74 Å². The molecule has 4 amide bonds. The maximum Gasteiger partial charge on any atom is 0.430 e. The molecule has 256 valence electrons. The number of nitrogens with one attached hydrogen (secondary N) is 1. The number of amides is 4. The van der Waals surface area contributed by atoms with Crippen molar-refractivity contribution in [2.24, 2.45) is 0 Å². The van der Waals surface area contributed by atoms with Gasteiger partial charge >= 0.3 is 18.4 Å². The first kappa shape index (κ1) is 35.6. The van der Waals surface area contributed by atoms with Crippen molar-refractivity contribution in [1.82, 2.24) is 15.1 Å². The number of allylic oxidation sites excluding steroid dienone is 1. The Hall–Kier alpha value is -4.27. The summed E-state index contributed by atoms with van der Waals surface area (Å²) in [5.74, 6) is -0.550. The van der Waals surface area contributed by atoms with Gasteiger partial charge in [-0.2, -0.15) is 26.3 Å². The van der Waals surface area contributed by atoms with Crippen LogP contribution in [0.1, 0.15) is 51.3 Å². The van der Waals surface area contributed by atoms with E-state index in [0.717, 1.165) is 11.0 Å². The predicted molar refractivity (Wildman–Crippen MR) is 160 cm³/mol. The summed E-state index contributed by atoms with van der Waals surface area (Å²) in [7, 11) is 0. The largest absolute Gasteiger partial charge is 0.491 e. The van der Waals surface area contributed by atoms with Crippen molar-refractivity contribution in [2.75, 3.05) is 31.1 Å². The number of ether oxygens (including phenoxy) is 1. The lowest BCUT2D eigenvalue weighted by Crippen LogP contribution is -2.56. The molecule has 4 rings (SSSR count). The van der Waals surface area contributed by atoms with E-state index in [0.29, 0.717) is 29.1 Å². The topological polar surface area (TPSA) is 102 Å². The van der Waals surface area contributed by atoms with Gasteiger partial charge in [0.2, 0.25) is 5.91 Å². The molecule has 0 radical (unpaired) electrons. The van der Waals surface area contributed by atoms with E-state index in [9.17, 15) is 45.8 Å². The highest BCUT2D eigenvalue weighted by Crippen LogP contribution is 2.50. The number of nitrogens with zero attached hydrogens (tertiary/aromatic N) is 3. The first-order chi connectivity index (χ1) is 21.7. The quantitative estimate of drug-likeness (QED) is 0.291. The van der Waals surface area contributed by atoms with Crippen LogP contribution in [-0.4, -0.2) is 83.4 Å². The fourth-order valence-electron chi connectivity index (χ4n) is 5.79. The van der Waals surface area contributed by atoms with Gasteiger partial charge in [-0.15, -0.1) is 0 Å². The fourth-order valence-corrected chi connectivity index (χ4v) is 5.79. The van der Waals surface area contributed by atoms with Crippen molar-refractivity contribution < 1.29 is 50.6 Å². The predicted octanol–water partition coefficient (Wildman–Crippen LogP) is 5.32. The molecule has 15 heteroatoms. The van der Waals surface area contributed by atoms with Crippen LogP contribution in [-0.2, 0) is 20.7 Å². The second-order valence-corrected chi connectivity index (χ2v) is 12.0. The minimum absolute atomic E-state index is 0.00553. The van der Waals surface area contributed by atoms with Gasteiger partial charge in [0.1, 0.15) is 17.8 Å². The Morgan fingerprint density at radius 3 is 2.21 bits per heavy atom. The third-order valence-corrected chi connectivity index (χ3v) is 8.27. The first-order valence-electron chi connectivity index (χ1n) is 14.8. The molecule has 2 aromatic rings. The van der Waals surface area contributed by atoms with E-state index < -0.39 is 59.5 Å². The van der Waals surface area contributed by atoms with E-state index in [1.54, 1.807) is 36.1 Å². The van der Waals surface area contributed by atoms with E-state index in [2.05, 4.69) is 5.32 Å². The fraction of sp³-hybridized carbons (Fsp3) is 0.469. The van der Waals surface area contributed by atoms with E-state index >= 15 is 0 Å². The number of imide groups is 1. The zero-order valence-corrected chi connectivity index (χ0v) is 26.4. The van der Waals surface area contributed by atoms with Gasteiger partial charge in [0, 0.05) is 36.9 Å². The Morgan fingerprint density at radius 2 is 1.68 bits per heavy atom. The Morgan fingerprint density at radius 1 is 1.06 bits per heavy atom. The average molecular weight is 671 g/mol. The Labute approximate surface area is 267 Å². The molecule has 2 aliphatic heterocycles. The van der Waals surface area contributed by atoms with Gasteiger partial charge in [0.15, 0.2) is 0 Å². The molecule has 0 bridgehead atoms. The van der Waals surface area contributed by atoms with Crippen LogP contribution in [0.2, 0.25) is 0 Å². The number of urea groups is 1. The number of rotatable bonds is 8. The van der Waals surface area contributed by atoms with Crippen LogP contribution in [0.3, 0.4) is 0 Å². The van der Waals surface area contributed by atoms with Gasteiger partial charge in [0.05, 0.1) is 6.10 Å². The zero-order valence-electron chi connectivity index (χ0n) is 26.4. The minimum Gasteiger partial charge on any atom is -0.491 e. The molecule has 2 heterocycles. The molecule has 2 fully saturated rings. The summed E-state index contributed by atoms with van der Waals surface area (Å²) in [6.45, 7) is 8.31. The van der Waals surface area contributed by atoms with Gasteiger partial charge in [-0.25, -0.2) is 4.79 Å². The molecule has 9 nitrogen and oxygen atoms in total. The van der Waals surface area contributed by atoms with Crippen LogP contribution >= 0.6 is 0 Å². The van der Waals surface area contributed by atoms with Gasteiger partial charge in [-0.1, -0.05) is 30.4 Å². The lowest BCUT2D eigenvalue weighted by atomic mass is 9.90. The van der Waals surface area contributed by atoms with E-state index in [-0.39, 0.29) is 31.3 Å². The molecule has 0 aromatic heterocycles. The molecule has 2 atom stereocenters. The number of carbonyl (C=O) groups is 3. The normalized spacial score (nSPS) is 21.2. The van der Waals surface area contributed by atoms with Crippen molar-refractivity contribution >= 4 is 29.6 Å². The molecule has 0 saturated carbocycles. The number of anilines is 1. The van der Waals surface area contributed by atoms with Gasteiger partial charge in [-0.3, -0.25) is 14.5 Å². The van der Waals surface area contributed by atoms with Crippen LogP contribution in [0.4, 0.5) is 36.8 Å². The molecule has 0 aliphatic carbocycles. The standard InChI is InChI=1S/C32H36F6N4O5/c1-6-7-21-16-23(30(46,31(33,34)35)32(36,37)38)10-13-25(21)41-15-14-40(17-20(41)4)26(43)18-42-27(44)29(5,39-28(42)45)22-8-11-24(12-9-22)47-19(2)3/h6-13,16,19-20,46H,14-15,17-18H2,1-5H3,(H,39,45)/b7-6-/t20?,29-/m1/s1. The van der Waals surface area contributed by atoms with Crippen molar-refractivity contribution in [2.45, 2.75) is 70.3 Å². The van der Waals surface area contributed by atoms with Crippen molar-refractivity contribution in [3.63, 3.8) is 0 Å². The number of hydrogen-bond acceptors (Lipinski definition) is 6. The summed E-state index contributed by atoms with van der Waals surface area (Å²) in [6, 6.07) is 7.78. The van der Waals surface area contributed by atoms with E-state index in [1.165, 1.54) is 30.9 Å². The maximum atomic E-state index is 13.5. The monoisotopic (exact) mass is 670 g/mol. The molecular weight excluding hydrogens is 634 g/mol. The van der Waals surface area contributed by atoms with Crippen LogP contribution in [0.25, 0.3) is 6.08 Å². The molecule has 2 N–H and O–H groups in total. The minimum atomic E-state index is -6.03. The Kier molecular flexibility index (Phi) is 9.64. The third-order valence-electron chi connectivity index (χ3n) is 8.27. The van der Waals surface area contributed by atoms with Gasteiger partial charge < -0.3 is 25.0 Å². The van der Waals surface area contributed by atoms with Crippen LogP contribution in [0, 0.1) is 0 Å². The highest BCUT2D eigenvalue weighted by atomic mass is 19.4. The third kappa shape index (κ3) is 6.62. The first-order valence-corrected chi connectivity index (χ1v) is 14.8. The van der Waals surface area contributed by atoms with Crippen molar-refractivity contribution in [3.05, 3.63) is 65.2 Å².